The largest absolute Gasteiger partial charge is 0.310 e. The maximum atomic E-state index is 4.29. The molecule has 0 spiro atoms. The Morgan fingerprint density at radius 3 is 2.44 bits per heavy atom. The Bertz CT molecular complexity index is 320. The first kappa shape index (κ1) is 13.2. The van der Waals surface area contributed by atoms with Crippen molar-refractivity contribution in [2.75, 3.05) is 6.54 Å². The van der Waals surface area contributed by atoms with Gasteiger partial charge < -0.3 is 5.32 Å². The molecule has 0 bridgehead atoms. The Balaban J connectivity index is 2.93. The van der Waals surface area contributed by atoms with Crippen molar-refractivity contribution in [1.29, 1.82) is 0 Å². The second-order valence-electron chi connectivity index (χ2n) is 4.93. The van der Waals surface area contributed by atoms with Crippen LogP contribution in [-0.2, 0) is 0 Å². The Kier molecular flexibility index (Phi) is 4.94. The lowest BCUT2D eigenvalue weighted by molar-refractivity contribution is 0.307. The number of pyridine rings is 1. The summed E-state index contributed by atoms with van der Waals surface area (Å²) in [5.74, 6) is 1.29. The summed E-state index contributed by atoms with van der Waals surface area (Å²) in [6.45, 7) is 12.1. The van der Waals surface area contributed by atoms with Gasteiger partial charge in [-0.15, -0.1) is 0 Å². The van der Waals surface area contributed by atoms with E-state index in [1.807, 2.05) is 12.4 Å². The summed E-state index contributed by atoms with van der Waals surface area (Å²) in [4.78, 5) is 4.29. The highest BCUT2D eigenvalue weighted by Gasteiger charge is 2.21. The minimum absolute atomic E-state index is 0.414. The van der Waals surface area contributed by atoms with E-state index in [2.05, 4.69) is 51.0 Å². The Morgan fingerprint density at radius 2 is 1.94 bits per heavy atom. The molecule has 0 fully saturated rings. The van der Waals surface area contributed by atoms with Crippen LogP contribution in [0.15, 0.2) is 18.5 Å². The first-order valence-corrected chi connectivity index (χ1v) is 6.21. The highest BCUT2D eigenvalue weighted by Crippen LogP contribution is 2.27. The normalized spacial score (nSPS) is 15.1. The van der Waals surface area contributed by atoms with E-state index in [9.17, 15) is 0 Å². The van der Waals surface area contributed by atoms with E-state index in [1.54, 1.807) is 0 Å². The van der Waals surface area contributed by atoms with Crippen LogP contribution in [0, 0.1) is 18.8 Å². The molecule has 0 amide bonds. The van der Waals surface area contributed by atoms with Crippen LogP contribution in [0.5, 0.6) is 0 Å². The van der Waals surface area contributed by atoms with E-state index in [0.29, 0.717) is 17.9 Å². The van der Waals surface area contributed by atoms with Gasteiger partial charge in [0.1, 0.15) is 0 Å². The van der Waals surface area contributed by atoms with Gasteiger partial charge in [-0.3, -0.25) is 4.98 Å². The molecule has 1 rings (SSSR count). The summed E-state index contributed by atoms with van der Waals surface area (Å²) in [5.41, 5.74) is 2.54. The molecule has 0 aliphatic heterocycles. The average molecular weight is 220 g/mol. The third kappa shape index (κ3) is 3.31. The van der Waals surface area contributed by atoms with Crippen molar-refractivity contribution in [2.45, 2.75) is 40.7 Å². The molecule has 0 radical (unpaired) electrons. The van der Waals surface area contributed by atoms with Crippen LogP contribution in [0.1, 0.15) is 44.9 Å². The van der Waals surface area contributed by atoms with Gasteiger partial charge in [0.05, 0.1) is 0 Å². The first-order valence-electron chi connectivity index (χ1n) is 6.21. The smallest absolute Gasteiger partial charge is 0.0363 e. The van der Waals surface area contributed by atoms with Crippen molar-refractivity contribution < 1.29 is 0 Å². The summed E-state index contributed by atoms with van der Waals surface area (Å²) in [6, 6.07) is 2.65. The molecule has 16 heavy (non-hydrogen) atoms. The fraction of sp³-hybridized carbons (Fsp3) is 0.643. The lowest BCUT2D eigenvalue weighted by Gasteiger charge is -2.28. The zero-order valence-corrected chi connectivity index (χ0v) is 11.1. The minimum atomic E-state index is 0.414. The van der Waals surface area contributed by atoms with Gasteiger partial charge in [-0.25, -0.2) is 0 Å². The molecule has 90 valence electrons. The van der Waals surface area contributed by atoms with Crippen molar-refractivity contribution in [1.82, 2.24) is 10.3 Å². The van der Waals surface area contributed by atoms with Crippen LogP contribution >= 0.6 is 0 Å². The van der Waals surface area contributed by atoms with E-state index < -0.39 is 0 Å². The van der Waals surface area contributed by atoms with Gasteiger partial charge in [0, 0.05) is 18.4 Å². The number of nitrogens with zero attached hydrogens (tertiary/aromatic N) is 1. The third-order valence-corrected chi connectivity index (χ3v) is 3.26. The molecular formula is C14H24N2. The van der Waals surface area contributed by atoms with Gasteiger partial charge in [0.25, 0.3) is 0 Å². The van der Waals surface area contributed by atoms with Crippen molar-refractivity contribution in [3.05, 3.63) is 29.6 Å². The molecule has 0 aliphatic carbocycles. The maximum Gasteiger partial charge on any atom is 0.0363 e. The highest BCUT2D eigenvalue weighted by molar-refractivity contribution is 5.20. The molecule has 0 saturated heterocycles. The zero-order valence-electron chi connectivity index (χ0n) is 11.1. The summed E-state index contributed by atoms with van der Waals surface area (Å²) >= 11 is 0. The van der Waals surface area contributed by atoms with E-state index in [-0.39, 0.29) is 0 Å². The van der Waals surface area contributed by atoms with Gasteiger partial charge in [0.15, 0.2) is 0 Å². The minimum Gasteiger partial charge on any atom is -0.310 e. The molecular weight excluding hydrogens is 196 g/mol. The molecule has 1 aromatic heterocycles. The van der Waals surface area contributed by atoms with Gasteiger partial charge in [0.2, 0.25) is 0 Å². The van der Waals surface area contributed by atoms with Crippen LogP contribution in [0.2, 0.25) is 0 Å². The molecule has 1 N–H and O–H groups in total. The first-order chi connectivity index (χ1) is 7.56. The fourth-order valence-electron chi connectivity index (χ4n) is 1.96. The average Bonchev–Trinajstić information content (AvgIpc) is 2.24. The SMILES string of the molecule is CCNC(c1cncc(C)c1)C(C)C(C)C. The van der Waals surface area contributed by atoms with E-state index in [0.717, 1.165) is 6.54 Å². The molecule has 2 atom stereocenters. The molecule has 2 nitrogen and oxygen atoms in total. The Labute approximate surface area is 99.5 Å². The lowest BCUT2D eigenvalue weighted by Crippen LogP contribution is -2.29. The summed E-state index contributed by atoms with van der Waals surface area (Å²) in [7, 11) is 0. The number of aromatic nitrogens is 1. The second kappa shape index (κ2) is 6.00. The molecule has 1 aromatic rings. The quantitative estimate of drug-likeness (QED) is 0.823. The Morgan fingerprint density at radius 1 is 1.25 bits per heavy atom. The summed E-state index contributed by atoms with van der Waals surface area (Å²) in [5, 5.41) is 3.57. The van der Waals surface area contributed by atoms with Gasteiger partial charge in [-0.05, 0) is 36.4 Å². The number of hydrogen-bond acceptors (Lipinski definition) is 2. The van der Waals surface area contributed by atoms with Crippen molar-refractivity contribution >= 4 is 0 Å². The summed E-state index contributed by atoms with van der Waals surface area (Å²) in [6.07, 6.45) is 3.89. The van der Waals surface area contributed by atoms with Crippen LogP contribution in [0.25, 0.3) is 0 Å². The Hall–Kier alpha value is -0.890. The standard InChI is InChI=1S/C14H24N2/c1-6-16-14(12(5)10(2)3)13-7-11(4)8-15-9-13/h7-10,12,14,16H,6H2,1-5H3. The van der Waals surface area contributed by atoms with Crippen molar-refractivity contribution in [3.8, 4) is 0 Å². The third-order valence-electron chi connectivity index (χ3n) is 3.26. The summed E-state index contributed by atoms with van der Waals surface area (Å²) < 4.78 is 0. The van der Waals surface area contributed by atoms with E-state index in [4.69, 9.17) is 0 Å². The van der Waals surface area contributed by atoms with Gasteiger partial charge >= 0.3 is 0 Å². The fourth-order valence-corrected chi connectivity index (χ4v) is 1.96. The van der Waals surface area contributed by atoms with E-state index in [1.165, 1.54) is 11.1 Å². The highest BCUT2D eigenvalue weighted by atomic mass is 14.9. The lowest BCUT2D eigenvalue weighted by atomic mass is 9.86. The topological polar surface area (TPSA) is 24.9 Å². The van der Waals surface area contributed by atoms with E-state index >= 15 is 0 Å². The number of hydrogen-bond donors (Lipinski definition) is 1. The predicted octanol–water partition coefficient (Wildman–Crippen LogP) is 3.33. The molecule has 1 heterocycles. The molecule has 2 heteroatoms. The van der Waals surface area contributed by atoms with Crippen LogP contribution in [0.4, 0.5) is 0 Å². The maximum absolute atomic E-state index is 4.29. The number of nitrogens with one attached hydrogen (secondary N) is 1. The van der Waals surface area contributed by atoms with Crippen molar-refractivity contribution in [3.63, 3.8) is 0 Å². The van der Waals surface area contributed by atoms with Crippen molar-refractivity contribution in [2.24, 2.45) is 11.8 Å². The van der Waals surface area contributed by atoms with Gasteiger partial charge in [-0.2, -0.15) is 0 Å². The van der Waals surface area contributed by atoms with Crippen LogP contribution in [-0.4, -0.2) is 11.5 Å². The number of aryl methyl sites for hydroxylation is 1. The van der Waals surface area contributed by atoms with Gasteiger partial charge in [-0.1, -0.05) is 33.8 Å². The zero-order chi connectivity index (χ0) is 12.1. The van der Waals surface area contributed by atoms with Crippen LogP contribution < -0.4 is 5.32 Å². The second-order valence-corrected chi connectivity index (χ2v) is 4.93. The predicted molar refractivity (Wildman–Crippen MR) is 69.4 cm³/mol. The molecule has 0 saturated carbocycles. The molecule has 2 unspecified atom stereocenters. The molecule has 0 aliphatic rings. The molecule has 0 aromatic carbocycles. The van der Waals surface area contributed by atoms with Crippen LogP contribution in [0.3, 0.4) is 0 Å². The number of rotatable bonds is 5. The monoisotopic (exact) mass is 220 g/mol.